The summed E-state index contributed by atoms with van der Waals surface area (Å²) in [5.41, 5.74) is 3.64. The number of ether oxygens (including phenoxy) is 1. The fraction of sp³-hybridized carbons (Fsp3) is 0.200. The molecule has 2 aromatic rings. The minimum Gasteiger partial charge on any atom is -0.504 e. The van der Waals surface area contributed by atoms with Crippen LogP contribution in [0.15, 0.2) is 42.5 Å². The van der Waals surface area contributed by atoms with Gasteiger partial charge in [-0.15, -0.1) is 0 Å². The highest BCUT2D eigenvalue weighted by molar-refractivity contribution is 5.43. The summed E-state index contributed by atoms with van der Waals surface area (Å²) in [5.74, 6) is 0.703. The van der Waals surface area contributed by atoms with Crippen molar-refractivity contribution in [3.05, 3.63) is 59.2 Å². The molecule has 0 heterocycles. The highest BCUT2D eigenvalue weighted by Crippen LogP contribution is 2.27. The smallest absolute Gasteiger partial charge is 0.160 e. The summed E-state index contributed by atoms with van der Waals surface area (Å²) in [4.78, 5) is 0. The van der Waals surface area contributed by atoms with E-state index in [2.05, 4.69) is 31.2 Å². The molecule has 0 bridgehead atoms. The van der Waals surface area contributed by atoms with Gasteiger partial charge in [0.1, 0.15) is 0 Å². The third-order valence-corrected chi connectivity index (χ3v) is 2.77. The van der Waals surface area contributed by atoms with Gasteiger partial charge in [-0.3, -0.25) is 0 Å². The largest absolute Gasteiger partial charge is 0.504 e. The molecule has 0 saturated carbocycles. The van der Waals surface area contributed by atoms with E-state index in [1.165, 1.54) is 11.1 Å². The quantitative estimate of drug-likeness (QED) is 0.873. The number of methoxy groups -OCH3 is 1. The molecule has 0 amide bonds. The number of benzene rings is 2. The third-order valence-electron chi connectivity index (χ3n) is 2.77. The minimum absolute atomic E-state index is 0.181. The second-order valence-electron chi connectivity index (χ2n) is 4.17. The van der Waals surface area contributed by atoms with E-state index in [1.807, 2.05) is 12.1 Å². The molecule has 2 aromatic carbocycles. The van der Waals surface area contributed by atoms with Crippen LogP contribution in [0.25, 0.3) is 0 Å². The van der Waals surface area contributed by atoms with Crippen molar-refractivity contribution in [2.75, 3.05) is 7.11 Å². The molecule has 0 aliphatic rings. The van der Waals surface area contributed by atoms with Gasteiger partial charge >= 0.3 is 0 Å². The van der Waals surface area contributed by atoms with Crippen molar-refractivity contribution >= 4 is 0 Å². The Kier molecular flexibility index (Phi) is 3.33. The second-order valence-corrected chi connectivity index (χ2v) is 4.17. The lowest BCUT2D eigenvalue weighted by Gasteiger charge is -2.07. The Labute approximate surface area is 101 Å². The fourth-order valence-electron chi connectivity index (χ4n) is 1.77. The molecule has 2 rings (SSSR count). The summed E-state index contributed by atoms with van der Waals surface area (Å²) in [5, 5.41) is 9.51. The first-order valence-corrected chi connectivity index (χ1v) is 5.60. The van der Waals surface area contributed by atoms with E-state index in [-0.39, 0.29) is 5.75 Å². The van der Waals surface area contributed by atoms with Crippen molar-refractivity contribution in [1.29, 1.82) is 0 Å². The van der Waals surface area contributed by atoms with Gasteiger partial charge in [-0.1, -0.05) is 35.9 Å². The zero-order chi connectivity index (χ0) is 12.3. The monoisotopic (exact) mass is 228 g/mol. The van der Waals surface area contributed by atoms with E-state index in [1.54, 1.807) is 13.2 Å². The Hall–Kier alpha value is -1.96. The molecule has 0 spiro atoms. The van der Waals surface area contributed by atoms with E-state index in [0.29, 0.717) is 5.75 Å². The molecular formula is C15H16O2. The van der Waals surface area contributed by atoms with E-state index in [4.69, 9.17) is 4.74 Å². The molecule has 88 valence electrons. The molecule has 0 aliphatic carbocycles. The molecule has 17 heavy (non-hydrogen) atoms. The van der Waals surface area contributed by atoms with Gasteiger partial charge in [0.25, 0.3) is 0 Å². The highest BCUT2D eigenvalue weighted by atomic mass is 16.5. The van der Waals surface area contributed by atoms with Crippen LogP contribution in [0.2, 0.25) is 0 Å². The maximum Gasteiger partial charge on any atom is 0.160 e. The van der Waals surface area contributed by atoms with Gasteiger partial charge in [0.2, 0.25) is 0 Å². The molecule has 0 radical (unpaired) electrons. The second kappa shape index (κ2) is 4.91. The van der Waals surface area contributed by atoms with Crippen LogP contribution in [0.1, 0.15) is 16.7 Å². The van der Waals surface area contributed by atoms with Crippen LogP contribution in [0, 0.1) is 6.92 Å². The molecule has 2 nitrogen and oxygen atoms in total. The van der Waals surface area contributed by atoms with Crippen LogP contribution in [-0.4, -0.2) is 12.2 Å². The van der Waals surface area contributed by atoms with Gasteiger partial charge in [0, 0.05) is 0 Å². The number of aryl methyl sites for hydroxylation is 1. The number of aromatic hydroxyl groups is 1. The normalized spacial score (nSPS) is 10.2. The van der Waals surface area contributed by atoms with Crippen molar-refractivity contribution < 1.29 is 9.84 Å². The number of rotatable bonds is 3. The molecule has 0 aliphatic heterocycles. The van der Waals surface area contributed by atoms with Crippen molar-refractivity contribution in [2.45, 2.75) is 13.3 Å². The van der Waals surface area contributed by atoms with E-state index in [9.17, 15) is 5.11 Å². The van der Waals surface area contributed by atoms with Gasteiger partial charge in [0.15, 0.2) is 11.5 Å². The van der Waals surface area contributed by atoms with Crippen LogP contribution in [0.4, 0.5) is 0 Å². The summed E-state index contributed by atoms with van der Waals surface area (Å²) in [6.45, 7) is 2.08. The fourth-order valence-corrected chi connectivity index (χ4v) is 1.77. The van der Waals surface area contributed by atoms with Crippen LogP contribution in [0.5, 0.6) is 11.5 Å². The van der Waals surface area contributed by atoms with Crippen molar-refractivity contribution in [3.63, 3.8) is 0 Å². The Bertz CT molecular complexity index is 501. The molecule has 0 saturated heterocycles. The average molecular weight is 228 g/mol. The maximum atomic E-state index is 9.51. The molecule has 0 atom stereocenters. The predicted octanol–water partition coefficient (Wildman–Crippen LogP) is 3.30. The van der Waals surface area contributed by atoms with Gasteiger partial charge in [-0.2, -0.15) is 0 Å². The first kappa shape index (κ1) is 11.5. The Morgan fingerprint density at radius 3 is 2.29 bits per heavy atom. The molecule has 0 unspecified atom stereocenters. The van der Waals surface area contributed by atoms with E-state index in [0.717, 1.165) is 12.0 Å². The number of hydrogen-bond donors (Lipinski definition) is 1. The van der Waals surface area contributed by atoms with Crippen LogP contribution < -0.4 is 4.74 Å². The van der Waals surface area contributed by atoms with Crippen LogP contribution >= 0.6 is 0 Å². The van der Waals surface area contributed by atoms with Crippen LogP contribution in [0.3, 0.4) is 0 Å². The van der Waals surface area contributed by atoms with E-state index >= 15 is 0 Å². The lowest BCUT2D eigenvalue weighted by Crippen LogP contribution is -1.90. The summed E-state index contributed by atoms with van der Waals surface area (Å²) in [6, 6.07) is 13.9. The van der Waals surface area contributed by atoms with Gasteiger partial charge < -0.3 is 9.84 Å². The average Bonchev–Trinajstić information content (AvgIpc) is 2.34. The topological polar surface area (TPSA) is 29.5 Å². The Balaban J connectivity index is 2.21. The summed E-state index contributed by atoms with van der Waals surface area (Å²) in [7, 11) is 1.56. The zero-order valence-electron chi connectivity index (χ0n) is 10.1. The SMILES string of the molecule is COc1cc(Cc2ccc(C)cc2)ccc1O. The van der Waals surface area contributed by atoms with Crippen LogP contribution in [-0.2, 0) is 6.42 Å². The van der Waals surface area contributed by atoms with Gasteiger partial charge in [-0.05, 0) is 36.6 Å². The number of phenolic OH excluding ortho intramolecular Hbond substituents is 1. The molecular weight excluding hydrogens is 212 g/mol. The lowest BCUT2D eigenvalue weighted by atomic mass is 10.0. The summed E-state index contributed by atoms with van der Waals surface area (Å²) in [6.07, 6.45) is 0.844. The lowest BCUT2D eigenvalue weighted by molar-refractivity contribution is 0.373. The Morgan fingerprint density at radius 1 is 1.00 bits per heavy atom. The first-order chi connectivity index (χ1) is 8.19. The van der Waals surface area contributed by atoms with Gasteiger partial charge in [0.05, 0.1) is 7.11 Å². The van der Waals surface area contributed by atoms with Crippen molar-refractivity contribution in [2.24, 2.45) is 0 Å². The first-order valence-electron chi connectivity index (χ1n) is 5.60. The molecule has 0 aromatic heterocycles. The zero-order valence-corrected chi connectivity index (χ0v) is 10.1. The maximum absolute atomic E-state index is 9.51. The molecule has 2 heteroatoms. The van der Waals surface area contributed by atoms with Crippen molar-refractivity contribution in [3.8, 4) is 11.5 Å². The van der Waals surface area contributed by atoms with Crippen molar-refractivity contribution in [1.82, 2.24) is 0 Å². The number of hydrogen-bond acceptors (Lipinski definition) is 2. The standard InChI is InChI=1S/C15H16O2/c1-11-3-5-12(6-4-11)9-13-7-8-14(16)15(10-13)17-2/h3-8,10,16H,9H2,1-2H3. The number of phenols is 1. The third kappa shape index (κ3) is 2.78. The summed E-state index contributed by atoms with van der Waals surface area (Å²) >= 11 is 0. The predicted molar refractivity (Wildman–Crippen MR) is 68.6 cm³/mol. The molecule has 1 N–H and O–H groups in total. The van der Waals surface area contributed by atoms with Gasteiger partial charge in [-0.25, -0.2) is 0 Å². The minimum atomic E-state index is 0.181. The summed E-state index contributed by atoms with van der Waals surface area (Å²) < 4.78 is 5.09. The Morgan fingerprint density at radius 2 is 1.65 bits per heavy atom. The highest BCUT2D eigenvalue weighted by Gasteiger charge is 2.03. The molecule has 0 fully saturated rings. The van der Waals surface area contributed by atoms with E-state index < -0.39 is 0 Å².